The molecule has 3 aromatic carbocycles. The number of halogens is 1. The molecule has 10 heteroatoms. The molecule has 0 spiro atoms. The van der Waals surface area contributed by atoms with Crippen LogP contribution < -0.4 is 14.4 Å². The molecule has 0 bridgehead atoms. The first-order valence-electron chi connectivity index (χ1n) is 13.4. The molecule has 41 heavy (non-hydrogen) atoms. The molecule has 0 aromatic heterocycles. The van der Waals surface area contributed by atoms with Crippen LogP contribution in [0, 0.1) is 5.82 Å². The summed E-state index contributed by atoms with van der Waals surface area (Å²) in [6, 6.07) is 20.8. The van der Waals surface area contributed by atoms with Crippen LogP contribution in [0.4, 0.5) is 10.1 Å². The molecular weight excluding hydrogens is 545 g/mol. The fourth-order valence-electron chi connectivity index (χ4n) is 4.22. The van der Waals surface area contributed by atoms with E-state index in [4.69, 9.17) is 4.74 Å². The maximum absolute atomic E-state index is 13.8. The van der Waals surface area contributed by atoms with Crippen molar-refractivity contribution < 1.29 is 27.1 Å². The van der Waals surface area contributed by atoms with E-state index in [1.807, 2.05) is 51.1 Å². The van der Waals surface area contributed by atoms with Gasteiger partial charge in [-0.2, -0.15) is 0 Å². The smallest absolute Gasteiger partial charge is 0.244 e. The molecule has 220 valence electrons. The number of nitrogens with zero attached hydrogens (tertiary/aromatic N) is 2. The van der Waals surface area contributed by atoms with Gasteiger partial charge in [0.25, 0.3) is 0 Å². The first-order valence-corrected chi connectivity index (χ1v) is 15.2. The lowest BCUT2D eigenvalue weighted by atomic mass is 10.1. The Morgan fingerprint density at radius 2 is 1.54 bits per heavy atom. The van der Waals surface area contributed by atoms with E-state index in [-0.39, 0.29) is 18.1 Å². The number of ether oxygens (including phenoxy) is 1. The lowest BCUT2D eigenvalue weighted by Gasteiger charge is -2.34. The van der Waals surface area contributed by atoms with Crippen LogP contribution in [0.15, 0.2) is 78.9 Å². The third-order valence-corrected chi connectivity index (χ3v) is 7.34. The van der Waals surface area contributed by atoms with E-state index in [0.29, 0.717) is 24.3 Å². The Labute approximate surface area is 242 Å². The standard InChI is InChI=1S/C31H38FN3O5S/c1-6-28(30(37)33-31(2,3)4)34(20-23-12-14-25(32)15-13-23)29(36)21-35(41(5,38)39)26-16-18-27(19-17-26)40-22-24-10-8-7-9-11-24/h7-19,28H,6,20-22H2,1-5H3,(H,33,37)/t28-/m0/s1. The number of amides is 2. The third kappa shape index (κ3) is 9.60. The Balaban J connectivity index is 1.86. The molecule has 0 saturated carbocycles. The van der Waals surface area contributed by atoms with Gasteiger partial charge in [0, 0.05) is 12.1 Å². The summed E-state index contributed by atoms with van der Waals surface area (Å²) in [6.45, 7) is 7.11. The number of benzene rings is 3. The van der Waals surface area contributed by atoms with E-state index in [2.05, 4.69) is 5.32 Å². The van der Waals surface area contributed by atoms with Crippen LogP contribution >= 0.6 is 0 Å². The second-order valence-electron chi connectivity index (χ2n) is 10.8. The lowest BCUT2D eigenvalue weighted by molar-refractivity contribution is -0.141. The molecule has 1 N–H and O–H groups in total. The van der Waals surface area contributed by atoms with E-state index in [0.717, 1.165) is 16.1 Å². The number of anilines is 1. The first kappa shape index (κ1) is 31.6. The van der Waals surface area contributed by atoms with Crippen molar-refractivity contribution in [2.24, 2.45) is 0 Å². The SMILES string of the molecule is CC[C@@H](C(=O)NC(C)(C)C)N(Cc1ccc(F)cc1)C(=O)CN(c1ccc(OCc2ccccc2)cc1)S(C)(=O)=O. The number of nitrogens with one attached hydrogen (secondary N) is 1. The maximum Gasteiger partial charge on any atom is 0.244 e. The highest BCUT2D eigenvalue weighted by molar-refractivity contribution is 7.92. The van der Waals surface area contributed by atoms with Gasteiger partial charge in [-0.1, -0.05) is 49.4 Å². The molecule has 1 atom stereocenters. The Morgan fingerprint density at radius 3 is 2.07 bits per heavy atom. The van der Waals surface area contributed by atoms with Crippen LogP contribution in [0.1, 0.15) is 45.2 Å². The topological polar surface area (TPSA) is 96.0 Å². The van der Waals surface area contributed by atoms with Gasteiger partial charge < -0.3 is 15.0 Å². The lowest BCUT2D eigenvalue weighted by Crippen LogP contribution is -2.55. The monoisotopic (exact) mass is 583 g/mol. The number of carbonyl (C=O) groups excluding carboxylic acids is 2. The molecule has 2 amide bonds. The van der Waals surface area contributed by atoms with Crippen molar-refractivity contribution in [3.05, 3.63) is 95.8 Å². The van der Waals surface area contributed by atoms with Crippen molar-refractivity contribution in [1.29, 1.82) is 0 Å². The highest BCUT2D eigenvalue weighted by Crippen LogP contribution is 2.24. The van der Waals surface area contributed by atoms with Gasteiger partial charge in [-0.25, -0.2) is 12.8 Å². The van der Waals surface area contributed by atoms with E-state index >= 15 is 0 Å². The van der Waals surface area contributed by atoms with Gasteiger partial charge in [0.15, 0.2) is 0 Å². The summed E-state index contributed by atoms with van der Waals surface area (Å²) in [4.78, 5) is 28.4. The Bertz CT molecular complexity index is 1410. The first-order chi connectivity index (χ1) is 19.3. The van der Waals surface area contributed by atoms with Gasteiger partial charge in [-0.3, -0.25) is 13.9 Å². The number of rotatable bonds is 12. The minimum Gasteiger partial charge on any atom is -0.489 e. The molecule has 0 heterocycles. The average molecular weight is 584 g/mol. The van der Waals surface area contributed by atoms with E-state index in [9.17, 15) is 22.4 Å². The Kier molecular flexibility index (Phi) is 10.5. The van der Waals surface area contributed by atoms with Crippen LogP contribution in [0.2, 0.25) is 0 Å². The molecular formula is C31H38FN3O5S. The van der Waals surface area contributed by atoms with Crippen molar-refractivity contribution in [2.75, 3.05) is 17.1 Å². The van der Waals surface area contributed by atoms with Crippen LogP contribution in [-0.4, -0.2) is 49.5 Å². The zero-order valence-electron chi connectivity index (χ0n) is 24.1. The van der Waals surface area contributed by atoms with Gasteiger partial charge >= 0.3 is 0 Å². The van der Waals surface area contributed by atoms with Gasteiger partial charge in [0.2, 0.25) is 21.8 Å². The second kappa shape index (κ2) is 13.6. The molecule has 3 aromatic rings. The molecule has 0 aliphatic carbocycles. The molecule has 0 aliphatic heterocycles. The van der Waals surface area contributed by atoms with Crippen molar-refractivity contribution in [2.45, 2.75) is 58.8 Å². The summed E-state index contributed by atoms with van der Waals surface area (Å²) < 4.78 is 46.0. The summed E-state index contributed by atoms with van der Waals surface area (Å²) in [6.07, 6.45) is 1.31. The molecule has 0 unspecified atom stereocenters. The summed E-state index contributed by atoms with van der Waals surface area (Å²) in [5, 5.41) is 2.91. The Hall–Kier alpha value is -3.92. The average Bonchev–Trinajstić information content (AvgIpc) is 2.91. The fourth-order valence-corrected chi connectivity index (χ4v) is 5.07. The maximum atomic E-state index is 13.8. The number of hydrogen-bond donors (Lipinski definition) is 1. The minimum atomic E-state index is -3.88. The zero-order chi connectivity index (χ0) is 30.2. The quantitative estimate of drug-likeness (QED) is 0.328. The van der Waals surface area contributed by atoms with Gasteiger partial charge in [-0.15, -0.1) is 0 Å². The molecule has 0 radical (unpaired) electrons. The predicted molar refractivity (Wildman–Crippen MR) is 158 cm³/mol. The number of carbonyl (C=O) groups is 2. The van der Waals surface area contributed by atoms with E-state index in [1.54, 1.807) is 31.2 Å². The third-order valence-electron chi connectivity index (χ3n) is 6.20. The van der Waals surface area contributed by atoms with Crippen molar-refractivity contribution >= 4 is 27.5 Å². The minimum absolute atomic E-state index is 0.000944. The summed E-state index contributed by atoms with van der Waals surface area (Å²) in [7, 11) is -3.88. The summed E-state index contributed by atoms with van der Waals surface area (Å²) in [5.74, 6) is -0.815. The molecule has 0 saturated heterocycles. The van der Waals surface area contributed by atoms with Crippen LogP contribution in [0.25, 0.3) is 0 Å². The fraction of sp³-hybridized carbons (Fsp3) is 0.355. The largest absolute Gasteiger partial charge is 0.489 e. The van der Waals surface area contributed by atoms with Crippen molar-refractivity contribution in [1.82, 2.24) is 10.2 Å². The molecule has 0 aliphatic rings. The van der Waals surface area contributed by atoms with E-state index in [1.165, 1.54) is 29.2 Å². The highest BCUT2D eigenvalue weighted by atomic mass is 32.2. The molecule has 8 nitrogen and oxygen atoms in total. The van der Waals surface area contributed by atoms with E-state index < -0.39 is 39.9 Å². The summed E-state index contributed by atoms with van der Waals surface area (Å²) >= 11 is 0. The zero-order valence-corrected chi connectivity index (χ0v) is 24.9. The van der Waals surface area contributed by atoms with Crippen molar-refractivity contribution in [3.8, 4) is 5.75 Å². The van der Waals surface area contributed by atoms with Crippen LogP contribution in [0.5, 0.6) is 5.75 Å². The van der Waals surface area contributed by atoms with Crippen molar-refractivity contribution in [3.63, 3.8) is 0 Å². The van der Waals surface area contributed by atoms with Crippen LogP contribution in [-0.2, 0) is 32.8 Å². The number of sulfonamides is 1. The predicted octanol–water partition coefficient (Wildman–Crippen LogP) is 4.89. The van der Waals surface area contributed by atoms with Crippen LogP contribution in [0.3, 0.4) is 0 Å². The van der Waals surface area contributed by atoms with Gasteiger partial charge in [0.05, 0.1) is 11.9 Å². The number of hydrogen-bond acceptors (Lipinski definition) is 5. The normalized spacial score (nSPS) is 12.3. The molecule has 0 fully saturated rings. The highest BCUT2D eigenvalue weighted by Gasteiger charge is 2.33. The second-order valence-corrected chi connectivity index (χ2v) is 12.8. The Morgan fingerprint density at radius 1 is 0.927 bits per heavy atom. The summed E-state index contributed by atoms with van der Waals surface area (Å²) in [5.41, 5.74) is 1.33. The van der Waals surface area contributed by atoms with Gasteiger partial charge in [0.1, 0.15) is 30.8 Å². The molecule has 3 rings (SSSR count). The van der Waals surface area contributed by atoms with Gasteiger partial charge in [-0.05, 0) is 74.7 Å².